The van der Waals surface area contributed by atoms with Gasteiger partial charge in [0.1, 0.15) is 0 Å². The smallest absolute Gasteiger partial charge is 0.0462 e. The van der Waals surface area contributed by atoms with Crippen molar-refractivity contribution in [2.24, 2.45) is 0 Å². The molecule has 0 amide bonds. The van der Waals surface area contributed by atoms with Crippen molar-refractivity contribution in [3.63, 3.8) is 0 Å². The van der Waals surface area contributed by atoms with Crippen molar-refractivity contribution in [1.29, 1.82) is 0 Å². The monoisotopic (exact) mass is 616 g/mol. The summed E-state index contributed by atoms with van der Waals surface area (Å²) in [7, 11) is 0. The van der Waals surface area contributed by atoms with Gasteiger partial charge >= 0.3 is 0 Å². The predicted molar refractivity (Wildman–Crippen MR) is 207 cm³/mol. The molecule has 7 rings (SSSR count). The molecule has 0 saturated heterocycles. The maximum absolute atomic E-state index is 2.28. The van der Waals surface area contributed by atoms with Gasteiger partial charge in [-0.25, -0.2) is 0 Å². The number of hydrogen-bond donors (Lipinski definition) is 0. The summed E-state index contributed by atoms with van der Waals surface area (Å²) in [6.07, 6.45) is 8.76. The molecule has 0 aromatic heterocycles. The maximum Gasteiger partial charge on any atom is 0.0462 e. The van der Waals surface area contributed by atoms with Crippen LogP contribution >= 0.6 is 0 Å². The Bertz CT molecular complexity index is 1850. The summed E-state index contributed by atoms with van der Waals surface area (Å²) in [4.78, 5) is 4.56. The maximum atomic E-state index is 2.28. The van der Waals surface area contributed by atoms with Crippen LogP contribution in [0.2, 0.25) is 0 Å². The SMILES string of the molecule is C(=C\c1ccccc1/C=C/c1ccc(N(c2ccccc2)c2ccccc2)cc1)/c1ccc(N(c2ccccc2)c2ccccc2)cc1. The number of para-hydroxylation sites is 4. The Hall–Kier alpha value is -6.38. The fraction of sp³-hybridized carbons (Fsp3) is 0. The Morgan fingerprint density at radius 3 is 0.771 bits per heavy atom. The molecule has 0 spiro atoms. The Morgan fingerprint density at radius 2 is 0.479 bits per heavy atom. The van der Waals surface area contributed by atoms with Gasteiger partial charge in [0.05, 0.1) is 0 Å². The molecule has 0 aliphatic carbocycles. The lowest BCUT2D eigenvalue weighted by Crippen LogP contribution is -2.09. The van der Waals surface area contributed by atoms with E-state index in [0.29, 0.717) is 0 Å². The van der Waals surface area contributed by atoms with Gasteiger partial charge in [-0.2, -0.15) is 0 Å². The van der Waals surface area contributed by atoms with Crippen LogP contribution in [0.1, 0.15) is 22.3 Å². The van der Waals surface area contributed by atoms with Crippen molar-refractivity contribution in [3.8, 4) is 0 Å². The molecule has 0 bridgehead atoms. The number of benzene rings is 7. The largest absolute Gasteiger partial charge is 0.311 e. The lowest BCUT2D eigenvalue weighted by molar-refractivity contribution is 1.28. The molecular formula is C46H36N2. The molecule has 7 aromatic carbocycles. The first kappa shape index (κ1) is 30.3. The molecule has 0 atom stereocenters. The van der Waals surface area contributed by atoms with Crippen molar-refractivity contribution in [3.05, 3.63) is 216 Å². The third kappa shape index (κ3) is 7.20. The second-order valence-electron chi connectivity index (χ2n) is 11.5. The molecule has 0 fully saturated rings. The van der Waals surface area contributed by atoms with Crippen LogP contribution in [-0.4, -0.2) is 0 Å². The highest BCUT2D eigenvalue weighted by atomic mass is 15.1. The highest BCUT2D eigenvalue weighted by molar-refractivity contribution is 5.82. The fourth-order valence-corrected chi connectivity index (χ4v) is 5.86. The molecule has 0 unspecified atom stereocenters. The minimum absolute atomic E-state index is 1.12. The average Bonchev–Trinajstić information content (AvgIpc) is 3.16. The summed E-state index contributed by atoms with van der Waals surface area (Å²) < 4.78 is 0. The third-order valence-corrected chi connectivity index (χ3v) is 8.27. The van der Waals surface area contributed by atoms with E-state index in [-0.39, 0.29) is 0 Å². The van der Waals surface area contributed by atoms with E-state index in [2.05, 4.69) is 228 Å². The van der Waals surface area contributed by atoms with Crippen LogP contribution in [0.15, 0.2) is 194 Å². The van der Waals surface area contributed by atoms with Crippen LogP contribution in [-0.2, 0) is 0 Å². The molecular weight excluding hydrogens is 581 g/mol. The van der Waals surface area contributed by atoms with Crippen LogP contribution < -0.4 is 9.80 Å². The quantitative estimate of drug-likeness (QED) is 0.141. The van der Waals surface area contributed by atoms with E-state index in [9.17, 15) is 0 Å². The molecule has 0 heterocycles. The van der Waals surface area contributed by atoms with Crippen LogP contribution in [0.4, 0.5) is 34.1 Å². The first-order chi connectivity index (χ1) is 23.8. The van der Waals surface area contributed by atoms with Gasteiger partial charge in [0.2, 0.25) is 0 Å². The summed E-state index contributed by atoms with van der Waals surface area (Å²) in [5.74, 6) is 0. The summed E-state index contributed by atoms with van der Waals surface area (Å²) in [6, 6.07) is 67.9. The normalized spacial score (nSPS) is 11.2. The molecule has 7 aromatic rings. The lowest BCUT2D eigenvalue weighted by Gasteiger charge is -2.25. The Labute approximate surface area is 283 Å². The van der Waals surface area contributed by atoms with E-state index in [0.717, 1.165) is 45.3 Å². The molecule has 2 heteroatoms. The zero-order valence-electron chi connectivity index (χ0n) is 26.7. The molecule has 0 N–H and O–H groups in total. The first-order valence-corrected chi connectivity index (χ1v) is 16.3. The van der Waals surface area contributed by atoms with Gasteiger partial charge in [-0.05, 0) is 95.1 Å². The molecule has 0 aliphatic heterocycles. The number of anilines is 6. The van der Waals surface area contributed by atoms with Crippen molar-refractivity contribution in [2.75, 3.05) is 9.80 Å². The van der Waals surface area contributed by atoms with Gasteiger partial charge in [-0.1, -0.05) is 146 Å². The van der Waals surface area contributed by atoms with Gasteiger partial charge in [0, 0.05) is 34.1 Å². The van der Waals surface area contributed by atoms with E-state index in [4.69, 9.17) is 0 Å². The van der Waals surface area contributed by atoms with Crippen LogP contribution in [0.25, 0.3) is 24.3 Å². The summed E-state index contributed by atoms with van der Waals surface area (Å²) in [5.41, 5.74) is 11.4. The topological polar surface area (TPSA) is 6.48 Å². The van der Waals surface area contributed by atoms with Gasteiger partial charge in [0.25, 0.3) is 0 Å². The van der Waals surface area contributed by atoms with Crippen molar-refractivity contribution in [1.82, 2.24) is 0 Å². The zero-order valence-corrected chi connectivity index (χ0v) is 26.7. The van der Waals surface area contributed by atoms with E-state index in [1.807, 2.05) is 0 Å². The molecule has 230 valence electrons. The molecule has 48 heavy (non-hydrogen) atoms. The van der Waals surface area contributed by atoms with Crippen LogP contribution in [0, 0.1) is 0 Å². The standard InChI is InChI=1S/C46H36N2/c1-5-17-41(18-6-1)47(42-19-7-2-8-20-42)45-33-27-37(28-34-45)25-31-39-15-13-14-16-40(39)32-26-38-29-35-46(36-30-38)48(43-21-9-3-10-22-43)44-23-11-4-12-24-44/h1-36H/b31-25+,32-26+. The van der Waals surface area contributed by atoms with Gasteiger partial charge in [0.15, 0.2) is 0 Å². The van der Waals surface area contributed by atoms with Gasteiger partial charge in [-0.3, -0.25) is 0 Å². The minimum Gasteiger partial charge on any atom is -0.311 e. The summed E-state index contributed by atoms with van der Waals surface area (Å²) in [6.45, 7) is 0. The average molecular weight is 617 g/mol. The summed E-state index contributed by atoms with van der Waals surface area (Å²) >= 11 is 0. The number of nitrogens with zero attached hydrogens (tertiary/aromatic N) is 2. The van der Waals surface area contributed by atoms with E-state index >= 15 is 0 Å². The zero-order chi connectivity index (χ0) is 32.4. The second kappa shape index (κ2) is 14.8. The minimum atomic E-state index is 1.12. The first-order valence-electron chi connectivity index (χ1n) is 16.3. The Kier molecular flexibility index (Phi) is 9.34. The number of rotatable bonds is 10. The molecule has 0 radical (unpaired) electrons. The third-order valence-electron chi connectivity index (χ3n) is 8.27. The highest BCUT2D eigenvalue weighted by Crippen LogP contribution is 2.35. The van der Waals surface area contributed by atoms with Crippen LogP contribution in [0.3, 0.4) is 0 Å². The lowest BCUT2D eigenvalue weighted by atomic mass is 10.0. The van der Waals surface area contributed by atoms with Gasteiger partial charge in [-0.15, -0.1) is 0 Å². The predicted octanol–water partition coefficient (Wildman–Crippen LogP) is 13.0. The molecule has 0 saturated carbocycles. The van der Waals surface area contributed by atoms with Crippen molar-refractivity contribution >= 4 is 58.4 Å². The fourth-order valence-electron chi connectivity index (χ4n) is 5.86. The van der Waals surface area contributed by atoms with Crippen molar-refractivity contribution in [2.45, 2.75) is 0 Å². The molecule has 0 aliphatic rings. The van der Waals surface area contributed by atoms with E-state index in [1.165, 1.54) is 11.1 Å². The highest BCUT2D eigenvalue weighted by Gasteiger charge is 2.12. The van der Waals surface area contributed by atoms with Crippen molar-refractivity contribution < 1.29 is 0 Å². The summed E-state index contributed by atoms with van der Waals surface area (Å²) in [5, 5.41) is 0. The number of hydrogen-bond acceptors (Lipinski definition) is 2. The Balaban J connectivity index is 1.09. The second-order valence-corrected chi connectivity index (χ2v) is 11.5. The van der Waals surface area contributed by atoms with Gasteiger partial charge < -0.3 is 9.80 Å². The van der Waals surface area contributed by atoms with E-state index < -0.39 is 0 Å². The Morgan fingerprint density at radius 1 is 0.229 bits per heavy atom. The van der Waals surface area contributed by atoms with Crippen LogP contribution in [0.5, 0.6) is 0 Å². The molecule has 2 nitrogen and oxygen atoms in total. The van der Waals surface area contributed by atoms with E-state index in [1.54, 1.807) is 0 Å².